The average Bonchev–Trinajstić information content (AvgIpc) is 2.81. The second-order valence-electron chi connectivity index (χ2n) is 6.30. The number of nitrogen functional groups attached to an aromatic ring is 1. The summed E-state index contributed by atoms with van der Waals surface area (Å²) >= 11 is 3.16. The monoisotopic (exact) mass is 527 g/mol. The van der Waals surface area contributed by atoms with Crippen LogP contribution in [0.3, 0.4) is 0 Å². The van der Waals surface area contributed by atoms with Gasteiger partial charge in [-0.1, -0.05) is 12.1 Å². The quantitative estimate of drug-likeness (QED) is 0.279. The summed E-state index contributed by atoms with van der Waals surface area (Å²) in [7, 11) is 1.45. The molecular formula is C20H26BrN5O7. The molecule has 0 aliphatic rings. The van der Waals surface area contributed by atoms with E-state index < -0.39 is 12.0 Å². The molecule has 2 rings (SSSR count). The van der Waals surface area contributed by atoms with Crippen molar-refractivity contribution in [3.05, 3.63) is 40.3 Å². The van der Waals surface area contributed by atoms with Crippen LogP contribution in [0, 0.1) is 0 Å². The average molecular weight is 528 g/mol. The number of aliphatic hydroxyl groups excluding tert-OH is 1. The molecular weight excluding hydrogens is 502 g/mol. The normalized spacial score (nSPS) is 10.5. The van der Waals surface area contributed by atoms with E-state index in [1.165, 1.54) is 13.2 Å². The third-order valence-corrected chi connectivity index (χ3v) is 4.36. The molecule has 0 aliphatic heterocycles. The van der Waals surface area contributed by atoms with Gasteiger partial charge < -0.3 is 40.4 Å². The molecule has 1 aromatic heterocycles. The maximum atomic E-state index is 12.7. The van der Waals surface area contributed by atoms with Crippen LogP contribution in [0.4, 0.5) is 16.3 Å². The molecule has 2 amide bonds. The van der Waals surface area contributed by atoms with Crippen molar-refractivity contribution in [3.63, 3.8) is 0 Å². The molecule has 0 saturated carbocycles. The molecule has 180 valence electrons. The third-order valence-electron chi connectivity index (χ3n) is 3.98. The highest BCUT2D eigenvalue weighted by Gasteiger charge is 2.18. The van der Waals surface area contributed by atoms with E-state index in [-0.39, 0.29) is 44.5 Å². The van der Waals surface area contributed by atoms with E-state index in [2.05, 4.69) is 36.5 Å². The Morgan fingerprint density at radius 3 is 2.61 bits per heavy atom. The Balaban J connectivity index is 2.11. The van der Waals surface area contributed by atoms with Gasteiger partial charge in [0.15, 0.2) is 11.5 Å². The largest absolute Gasteiger partial charge is 0.489 e. The van der Waals surface area contributed by atoms with Gasteiger partial charge in [0.1, 0.15) is 23.6 Å². The van der Waals surface area contributed by atoms with Gasteiger partial charge in [-0.2, -0.15) is 0 Å². The Hall–Kier alpha value is -3.00. The number of rotatable bonds is 13. The number of nitrogens with two attached hydrogens (primary N) is 1. The minimum atomic E-state index is -0.612. The highest BCUT2D eigenvalue weighted by atomic mass is 79.9. The summed E-state index contributed by atoms with van der Waals surface area (Å²) in [4.78, 5) is 32.2. The summed E-state index contributed by atoms with van der Waals surface area (Å²) in [5, 5.41) is 13.7. The van der Waals surface area contributed by atoms with Crippen LogP contribution >= 0.6 is 15.9 Å². The maximum absolute atomic E-state index is 12.7. The van der Waals surface area contributed by atoms with Crippen molar-refractivity contribution in [2.45, 2.75) is 6.61 Å². The van der Waals surface area contributed by atoms with Crippen molar-refractivity contribution in [3.8, 4) is 5.75 Å². The number of hydrogen-bond acceptors (Lipinski definition) is 10. The Morgan fingerprint density at radius 2 is 1.88 bits per heavy atom. The minimum Gasteiger partial charge on any atom is -0.489 e. The summed E-state index contributed by atoms with van der Waals surface area (Å²) in [6.07, 6.45) is 0.769. The van der Waals surface area contributed by atoms with Crippen LogP contribution in [0.25, 0.3) is 0 Å². The summed E-state index contributed by atoms with van der Waals surface area (Å²) < 4.78 is 21.9. The van der Waals surface area contributed by atoms with E-state index in [1.807, 2.05) is 0 Å². The molecule has 2 aromatic rings. The summed E-state index contributed by atoms with van der Waals surface area (Å²) in [5.41, 5.74) is 6.56. The van der Waals surface area contributed by atoms with Gasteiger partial charge >= 0.3 is 6.09 Å². The molecule has 33 heavy (non-hydrogen) atoms. The first-order chi connectivity index (χ1) is 16.0. The Bertz CT molecular complexity index is 932. The van der Waals surface area contributed by atoms with Gasteiger partial charge in [0, 0.05) is 12.6 Å². The Kier molecular flexibility index (Phi) is 11.3. The van der Waals surface area contributed by atoms with Gasteiger partial charge in [-0.3, -0.25) is 4.79 Å². The van der Waals surface area contributed by atoms with E-state index in [1.54, 1.807) is 18.2 Å². The van der Waals surface area contributed by atoms with E-state index in [9.17, 15) is 9.59 Å². The number of aliphatic hydroxyl groups is 1. The van der Waals surface area contributed by atoms with Crippen molar-refractivity contribution >= 4 is 39.4 Å². The molecule has 12 nitrogen and oxygen atoms in total. The number of nitrogens with zero attached hydrogens (tertiary/aromatic N) is 2. The lowest BCUT2D eigenvalue weighted by Gasteiger charge is -2.17. The standard InChI is InChI=1S/C20H26BrN5O7/c1-23-20(29)33-12-13-3-2-4-14(17(13)32-10-9-31-8-7-30-6-5-27)25-19(28)16-18(22)24-11-15(21)26-16/h2-4,11,27H,5-10,12H2,1H3,(H2,22,24)(H,23,29)(H,25,28). The fourth-order valence-corrected chi connectivity index (χ4v) is 2.78. The molecule has 0 spiro atoms. The first-order valence-corrected chi connectivity index (χ1v) is 10.7. The first-order valence-electron chi connectivity index (χ1n) is 9.91. The number of aromatic nitrogens is 2. The highest BCUT2D eigenvalue weighted by Crippen LogP contribution is 2.30. The van der Waals surface area contributed by atoms with Gasteiger partial charge in [-0.05, 0) is 22.0 Å². The van der Waals surface area contributed by atoms with Crippen molar-refractivity contribution in [2.75, 3.05) is 57.7 Å². The van der Waals surface area contributed by atoms with Crippen LogP contribution in [0.15, 0.2) is 29.0 Å². The number of ether oxygens (including phenoxy) is 4. The zero-order chi connectivity index (χ0) is 24.1. The second kappa shape index (κ2) is 14.2. The summed E-state index contributed by atoms with van der Waals surface area (Å²) in [6, 6.07) is 5.00. The predicted molar refractivity (Wildman–Crippen MR) is 122 cm³/mol. The number of carbonyl (C=O) groups excluding carboxylic acids is 2. The lowest BCUT2D eigenvalue weighted by atomic mass is 10.1. The number of benzene rings is 1. The van der Waals surface area contributed by atoms with Crippen molar-refractivity contribution in [1.29, 1.82) is 0 Å². The fraction of sp³-hybridized carbons (Fsp3) is 0.400. The molecule has 1 aromatic carbocycles. The van der Waals surface area contributed by atoms with E-state index in [4.69, 9.17) is 29.8 Å². The van der Waals surface area contributed by atoms with Crippen molar-refractivity contribution in [1.82, 2.24) is 15.3 Å². The fourth-order valence-electron chi connectivity index (χ4n) is 2.50. The van der Waals surface area contributed by atoms with Crippen molar-refractivity contribution in [2.24, 2.45) is 0 Å². The SMILES string of the molecule is CNC(=O)OCc1cccc(NC(=O)c2nc(Br)cnc2N)c1OCCOCCOCCO. The molecule has 0 saturated heterocycles. The second-order valence-corrected chi connectivity index (χ2v) is 7.11. The number of halogens is 1. The molecule has 1 heterocycles. The zero-order valence-corrected chi connectivity index (χ0v) is 19.6. The number of carbonyl (C=O) groups is 2. The lowest BCUT2D eigenvalue weighted by molar-refractivity contribution is 0.0246. The van der Waals surface area contributed by atoms with Gasteiger partial charge in [0.2, 0.25) is 0 Å². The number of para-hydroxylation sites is 1. The van der Waals surface area contributed by atoms with E-state index >= 15 is 0 Å². The van der Waals surface area contributed by atoms with Gasteiger partial charge in [-0.15, -0.1) is 0 Å². The zero-order valence-electron chi connectivity index (χ0n) is 18.0. The lowest BCUT2D eigenvalue weighted by Crippen LogP contribution is -2.20. The molecule has 13 heteroatoms. The molecule has 0 fully saturated rings. The molecule has 0 aliphatic carbocycles. The number of amides is 2. The number of alkyl carbamates (subject to hydrolysis) is 1. The van der Waals surface area contributed by atoms with Crippen LogP contribution in [-0.4, -0.2) is 73.8 Å². The van der Waals surface area contributed by atoms with Crippen molar-refractivity contribution < 1.29 is 33.6 Å². The van der Waals surface area contributed by atoms with Crippen LogP contribution in [-0.2, 0) is 20.8 Å². The summed E-state index contributed by atoms with van der Waals surface area (Å²) in [6.45, 7) is 1.16. The number of nitrogens with one attached hydrogen (secondary N) is 2. The van der Waals surface area contributed by atoms with Crippen LogP contribution in [0.5, 0.6) is 5.75 Å². The smallest absolute Gasteiger partial charge is 0.407 e. The topological polar surface area (TPSA) is 167 Å². The molecule has 0 bridgehead atoms. The maximum Gasteiger partial charge on any atom is 0.407 e. The predicted octanol–water partition coefficient (Wildman–Crippen LogP) is 1.33. The van der Waals surface area contributed by atoms with Gasteiger partial charge in [-0.25, -0.2) is 14.8 Å². The summed E-state index contributed by atoms with van der Waals surface area (Å²) in [5.74, 6) is -0.321. The van der Waals surface area contributed by atoms with E-state index in [0.717, 1.165) is 0 Å². The minimum absolute atomic E-state index is 0.0332. The third kappa shape index (κ3) is 8.81. The Morgan fingerprint density at radius 1 is 1.15 bits per heavy atom. The van der Waals surface area contributed by atoms with Crippen LogP contribution < -0.4 is 21.1 Å². The number of hydrogen-bond donors (Lipinski definition) is 4. The Labute approximate surface area is 198 Å². The molecule has 0 atom stereocenters. The van der Waals surface area contributed by atoms with Crippen LogP contribution in [0.1, 0.15) is 16.1 Å². The van der Waals surface area contributed by atoms with E-state index in [0.29, 0.717) is 34.8 Å². The highest BCUT2D eigenvalue weighted by molar-refractivity contribution is 9.10. The molecule has 0 radical (unpaired) electrons. The molecule has 5 N–H and O–H groups in total. The van der Waals surface area contributed by atoms with Crippen LogP contribution in [0.2, 0.25) is 0 Å². The van der Waals surface area contributed by atoms with Gasteiger partial charge in [0.05, 0.1) is 44.9 Å². The first kappa shape index (κ1) is 26.3. The molecule has 0 unspecified atom stereocenters. The van der Waals surface area contributed by atoms with Gasteiger partial charge in [0.25, 0.3) is 5.91 Å². The number of anilines is 2.